The molecule has 0 radical (unpaired) electrons. The van der Waals surface area contributed by atoms with Crippen molar-refractivity contribution in [1.82, 2.24) is 4.90 Å². The predicted molar refractivity (Wildman–Crippen MR) is 192 cm³/mol. The van der Waals surface area contributed by atoms with Gasteiger partial charge in [0, 0.05) is 5.92 Å². The SMILES string of the molecule is CCCCCCCCCCCCCC/C=C(\OB(CCCC)CCCC)N1C(=O)OC[C@H]1C(c1ccccc1)c1ccccc1. The smallest absolute Gasteiger partial charge is 0.417 e. The van der Waals surface area contributed by atoms with Gasteiger partial charge in [0.1, 0.15) is 6.61 Å². The first-order valence-corrected chi connectivity index (χ1v) is 18.6. The van der Waals surface area contributed by atoms with E-state index in [9.17, 15) is 4.79 Å². The maximum absolute atomic E-state index is 13.5. The highest BCUT2D eigenvalue weighted by Crippen LogP contribution is 2.37. The summed E-state index contributed by atoms with van der Waals surface area (Å²) < 4.78 is 12.7. The molecule has 0 unspecified atom stereocenters. The Morgan fingerprint density at radius 2 is 1.20 bits per heavy atom. The summed E-state index contributed by atoms with van der Waals surface area (Å²) >= 11 is 0. The Bertz CT molecular complexity index is 1010. The number of carbonyl (C=O) groups is 1. The number of hydrogen-bond acceptors (Lipinski definition) is 3. The standard InChI is InChI=1S/C40H62BNO3/c1-4-7-10-11-12-13-14-15-16-17-18-19-26-31-38(45-41(32-8-5-2)33-9-6-3)42-37(34-44-40(42)43)39(35-27-22-20-23-28-35)36-29-24-21-25-30-36/h20-25,27-31,37,39H,4-19,26,32-34H2,1-3H3/b38-31-/t37-/m0/s1. The average molecular weight is 616 g/mol. The molecule has 1 aliphatic rings. The van der Waals surface area contributed by atoms with Crippen molar-refractivity contribution in [3.63, 3.8) is 0 Å². The molecule has 45 heavy (non-hydrogen) atoms. The monoisotopic (exact) mass is 615 g/mol. The number of amides is 1. The van der Waals surface area contributed by atoms with Crippen molar-refractivity contribution >= 4 is 13.0 Å². The molecule has 0 bridgehead atoms. The Kier molecular flexibility index (Phi) is 18.6. The van der Waals surface area contributed by atoms with Crippen LogP contribution in [0.5, 0.6) is 0 Å². The summed E-state index contributed by atoms with van der Waals surface area (Å²) in [6, 6.07) is 20.9. The molecule has 0 aliphatic carbocycles. The van der Waals surface area contributed by atoms with E-state index in [2.05, 4.69) is 87.5 Å². The zero-order valence-corrected chi connectivity index (χ0v) is 28.9. The molecule has 0 spiro atoms. The average Bonchev–Trinajstić information content (AvgIpc) is 3.45. The van der Waals surface area contributed by atoms with Crippen LogP contribution in [0.15, 0.2) is 72.6 Å². The lowest BCUT2D eigenvalue weighted by Crippen LogP contribution is -2.40. The van der Waals surface area contributed by atoms with E-state index in [-0.39, 0.29) is 25.0 Å². The van der Waals surface area contributed by atoms with Crippen LogP contribution in [0, 0.1) is 0 Å². The summed E-state index contributed by atoms with van der Waals surface area (Å²) in [7, 11) is 0. The maximum Gasteiger partial charge on any atom is 0.417 e. The molecule has 3 rings (SSSR count). The first-order chi connectivity index (χ1) is 22.2. The molecule has 1 fully saturated rings. The van der Waals surface area contributed by atoms with Crippen molar-refractivity contribution in [3.8, 4) is 0 Å². The van der Waals surface area contributed by atoms with Crippen molar-refractivity contribution in [2.45, 2.75) is 155 Å². The maximum atomic E-state index is 13.5. The van der Waals surface area contributed by atoms with E-state index >= 15 is 0 Å². The summed E-state index contributed by atoms with van der Waals surface area (Å²) in [4.78, 5) is 15.4. The van der Waals surface area contributed by atoms with E-state index in [1.54, 1.807) is 0 Å². The van der Waals surface area contributed by atoms with E-state index in [0.29, 0.717) is 12.5 Å². The molecule has 1 atom stereocenters. The Morgan fingerprint density at radius 1 is 0.733 bits per heavy atom. The number of allylic oxidation sites excluding steroid dienone is 1. The number of carbonyl (C=O) groups excluding carboxylic acids is 1. The lowest BCUT2D eigenvalue weighted by molar-refractivity contribution is 0.151. The van der Waals surface area contributed by atoms with Crippen molar-refractivity contribution in [1.29, 1.82) is 0 Å². The summed E-state index contributed by atoms with van der Waals surface area (Å²) in [6.45, 7) is 7.21. The van der Waals surface area contributed by atoms with E-state index in [1.165, 1.54) is 81.8 Å². The van der Waals surface area contributed by atoms with Gasteiger partial charge in [-0.15, -0.1) is 0 Å². The van der Waals surface area contributed by atoms with Crippen LogP contribution in [0.2, 0.25) is 12.6 Å². The minimum atomic E-state index is -0.289. The fraction of sp³-hybridized carbons (Fsp3) is 0.625. The summed E-state index contributed by atoms with van der Waals surface area (Å²) in [5.74, 6) is 0.696. The molecule has 0 saturated carbocycles. The van der Waals surface area contributed by atoms with Crippen LogP contribution in [0.3, 0.4) is 0 Å². The van der Waals surface area contributed by atoms with E-state index in [4.69, 9.17) is 9.39 Å². The molecule has 0 N–H and O–H groups in total. The van der Waals surface area contributed by atoms with Crippen molar-refractivity contribution in [2.75, 3.05) is 6.61 Å². The highest BCUT2D eigenvalue weighted by Gasteiger charge is 2.43. The Hall–Kier alpha value is -2.69. The largest absolute Gasteiger partial charge is 0.549 e. The molecular weight excluding hydrogens is 553 g/mol. The summed E-state index contributed by atoms with van der Waals surface area (Å²) in [6.07, 6.45) is 25.4. The molecule has 1 saturated heterocycles. The zero-order chi connectivity index (χ0) is 32.0. The fourth-order valence-corrected chi connectivity index (χ4v) is 6.60. The van der Waals surface area contributed by atoms with Gasteiger partial charge in [-0.25, -0.2) is 9.69 Å². The van der Waals surface area contributed by atoms with Gasteiger partial charge in [0.2, 0.25) is 0 Å². The van der Waals surface area contributed by atoms with Crippen molar-refractivity contribution in [2.24, 2.45) is 0 Å². The lowest BCUT2D eigenvalue weighted by atomic mass is 9.59. The van der Waals surface area contributed by atoms with Crippen molar-refractivity contribution in [3.05, 3.63) is 83.7 Å². The molecule has 1 aliphatic heterocycles. The van der Waals surface area contributed by atoms with Crippen LogP contribution in [0.1, 0.15) is 147 Å². The van der Waals surface area contributed by atoms with Gasteiger partial charge in [0.25, 0.3) is 0 Å². The number of benzene rings is 2. The van der Waals surface area contributed by atoms with E-state index in [0.717, 1.165) is 51.2 Å². The second-order valence-electron chi connectivity index (χ2n) is 13.1. The number of cyclic esters (lactones) is 1. The summed E-state index contributed by atoms with van der Waals surface area (Å²) in [5.41, 5.74) is 2.37. The van der Waals surface area contributed by atoms with Crippen LogP contribution < -0.4 is 0 Å². The second-order valence-corrected chi connectivity index (χ2v) is 13.1. The number of hydrogen-bond donors (Lipinski definition) is 0. The molecule has 2 aromatic carbocycles. The minimum Gasteiger partial charge on any atom is -0.549 e. The van der Waals surface area contributed by atoms with Crippen LogP contribution in [-0.2, 0) is 9.39 Å². The Morgan fingerprint density at radius 3 is 1.69 bits per heavy atom. The third-order valence-corrected chi connectivity index (χ3v) is 9.27. The molecule has 1 heterocycles. The minimum absolute atomic E-state index is 0.0118. The topological polar surface area (TPSA) is 38.8 Å². The van der Waals surface area contributed by atoms with Gasteiger partial charge in [-0.1, -0.05) is 178 Å². The molecule has 1 amide bonds. The number of unbranched alkanes of at least 4 members (excludes halogenated alkanes) is 14. The normalized spacial score (nSPS) is 15.1. The van der Waals surface area contributed by atoms with Gasteiger partial charge in [-0.05, 0) is 42.7 Å². The summed E-state index contributed by atoms with van der Waals surface area (Å²) in [5, 5.41) is 0. The Labute approximate surface area is 276 Å². The Balaban J connectivity index is 1.70. The molecule has 2 aromatic rings. The molecule has 4 nitrogen and oxygen atoms in total. The predicted octanol–water partition coefficient (Wildman–Crippen LogP) is 12.2. The number of ether oxygens (including phenoxy) is 1. The molecular formula is C40H62BNO3. The third kappa shape index (κ3) is 13.3. The fourth-order valence-electron chi connectivity index (χ4n) is 6.60. The number of rotatable bonds is 25. The van der Waals surface area contributed by atoms with Crippen molar-refractivity contribution < 1.29 is 14.2 Å². The highest BCUT2D eigenvalue weighted by molar-refractivity contribution is 6.52. The van der Waals surface area contributed by atoms with Gasteiger partial charge >= 0.3 is 13.0 Å². The van der Waals surface area contributed by atoms with Crippen LogP contribution in [0.4, 0.5) is 4.79 Å². The van der Waals surface area contributed by atoms with E-state index < -0.39 is 0 Å². The molecule has 248 valence electrons. The molecule has 5 heteroatoms. The zero-order valence-electron chi connectivity index (χ0n) is 28.9. The third-order valence-electron chi connectivity index (χ3n) is 9.27. The highest BCUT2D eigenvalue weighted by atomic mass is 16.6. The lowest BCUT2D eigenvalue weighted by Gasteiger charge is -2.32. The van der Waals surface area contributed by atoms with Gasteiger partial charge < -0.3 is 9.39 Å². The van der Waals surface area contributed by atoms with Gasteiger partial charge in [-0.2, -0.15) is 0 Å². The first kappa shape index (κ1) is 36.8. The van der Waals surface area contributed by atoms with E-state index in [1.807, 2.05) is 4.90 Å². The van der Waals surface area contributed by atoms with Crippen LogP contribution >= 0.6 is 0 Å². The first-order valence-electron chi connectivity index (χ1n) is 18.6. The van der Waals surface area contributed by atoms with Gasteiger partial charge in [0.05, 0.1) is 6.04 Å². The molecule has 0 aromatic heterocycles. The van der Waals surface area contributed by atoms with Gasteiger partial charge in [-0.3, -0.25) is 0 Å². The second kappa shape index (κ2) is 22.8. The van der Waals surface area contributed by atoms with Gasteiger partial charge in [0.15, 0.2) is 5.88 Å². The quantitative estimate of drug-likeness (QED) is 0.0634. The number of nitrogens with zero attached hydrogens (tertiary/aromatic N) is 1. The van der Waals surface area contributed by atoms with Crippen LogP contribution in [-0.4, -0.2) is 30.6 Å². The van der Waals surface area contributed by atoms with Crippen LogP contribution in [0.25, 0.3) is 0 Å².